The van der Waals surface area contributed by atoms with Crippen LogP contribution in [-0.2, 0) is 6.54 Å². The molecule has 0 radical (unpaired) electrons. The van der Waals surface area contributed by atoms with Crippen LogP contribution >= 0.6 is 0 Å². The molecular formula is C19H26N6O5. The van der Waals surface area contributed by atoms with Crippen molar-refractivity contribution >= 4 is 16.7 Å². The van der Waals surface area contributed by atoms with E-state index in [4.69, 9.17) is 10.8 Å². The highest BCUT2D eigenvalue weighted by Crippen LogP contribution is 2.27. The number of benzene rings is 1. The van der Waals surface area contributed by atoms with Crippen molar-refractivity contribution in [1.29, 1.82) is 0 Å². The van der Waals surface area contributed by atoms with Crippen molar-refractivity contribution in [1.82, 2.24) is 19.5 Å². The van der Waals surface area contributed by atoms with Gasteiger partial charge in [-0.1, -0.05) is 0 Å². The molecule has 1 aromatic rings. The molecule has 0 amide bonds. The molecular weight excluding hydrogens is 392 g/mol. The molecule has 30 heavy (non-hydrogen) atoms. The molecule has 0 saturated carbocycles. The monoisotopic (exact) mass is 418 g/mol. The molecule has 162 valence electrons. The van der Waals surface area contributed by atoms with E-state index in [9.17, 15) is 19.8 Å². The third-order valence-corrected chi connectivity index (χ3v) is 4.89. The van der Waals surface area contributed by atoms with Gasteiger partial charge in [0.25, 0.3) is 5.56 Å². The molecule has 2 aliphatic rings. The normalized spacial score (nSPS) is 13.6. The van der Waals surface area contributed by atoms with Crippen molar-refractivity contribution in [2.45, 2.75) is 38.5 Å². The van der Waals surface area contributed by atoms with E-state index in [1.165, 1.54) is 4.57 Å². The molecule has 2 aliphatic heterocycles. The van der Waals surface area contributed by atoms with E-state index >= 15 is 0 Å². The Balaban J connectivity index is 2.21. The number of rotatable bonds is 9. The van der Waals surface area contributed by atoms with Gasteiger partial charge >= 0.3 is 5.69 Å². The first-order chi connectivity index (χ1) is 14.3. The maximum absolute atomic E-state index is 12.3. The summed E-state index contributed by atoms with van der Waals surface area (Å²) in [7, 11) is 0. The topological polar surface area (TPSA) is 179 Å². The highest BCUT2D eigenvalue weighted by Gasteiger charge is 2.24. The number of aromatic nitrogens is 4. The van der Waals surface area contributed by atoms with E-state index in [0.29, 0.717) is 24.1 Å². The van der Waals surface area contributed by atoms with Gasteiger partial charge in [0.1, 0.15) is 0 Å². The molecule has 7 N–H and O–H groups in total. The van der Waals surface area contributed by atoms with Crippen LogP contribution in [-0.4, -0.2) is 66.7 Å². The Hall–Kier alpha value is -2.86. The van der Waals surface area contributed by atoms with E-state index < -0.39 is 23.5 Å². The Morgan fingerprint density at radius 3 is 2.70 bits per heavy atom. The average Bonchev–Trinajstić information content (AvgIpc) is 2.69. The van der Waals surface area contributed by atoms with Crippen LogP contribution in [0.4, 0.5) is 5.69 Å². The molecule has 1 aromatic carbocycles. The molecule has 2 atom stereocenters. The van der Waals surface area contributed by atoms with Crippen LogP contribution in [0.2, 0.25) is 0 Å². The molecule has 0 fully saturated rings. The number of nitrogens with two attached hydrogens (primary N) is 1. The minimum Gasteiger partial charge on any atom is -0.396 e. The van der Waals surface area contributed by atoms with E-state index in [1.54, 1.807) is 12.1 Å². The maximum Gasteiger partial charge on any atom is 0.349 e. The number of anilines is 1. The molecule has 11 nitrogen and oxygen atoms in total. The van der Waals surface area contributed by atoms with Crippen molar-refractivity contribution in [3.05, 3.63) is 38.5 Å². The number of aliphatic hydroxyl groups is 3. The van der Waals surface area contributed by atoms with Crippen molar-refractivity contribution in [3.63, 3.8) is 0 Å². The second kappa shape index (κ2) is 9.30. The van der Waals surface area contributed by atoms with E-state index in [-0.39, 0.29) is 31.1 Å². The summed E-state index contributed by atoms with van der Waals surface area (Å²) in [5.74, 6) is 0.00302. The molecule has 0 aromatic heterocycles. The number of aliphatic hydroxyl groups excluding tert-OH is 3. The number of nitrogens with one attached hydrogen (secondary N) is 2. The zero-order valence-electron chi connectivity index (χ0n) is 16.6. The van der Waals surface area contributed by atoms with Crippen LogP contribution in [0.15, 0.2) is 21.7 Å². The number of aromatic amines is 1. The SMILES string of the molecule is Cc1cc2nc3c(=O)[nH]c(=O)nc-3n(CC(O)C(O)CCO)c2cc1NCCCN. The Kier molecular flexibility index (Phi) is 6.77. The number of fused-ring (bicyclic) bond motifs is 2. The number of H-pyrrole nitrogens is 1. The largest absolute Gasteiger partial charge is 0.396 e. The molecule has 0 spiro atoms. The second-order valence-electron chi connectivity index (χ2n) is 7.14. The predicted molar refractivity (Wildman–Crippen MR) is 112 cm³/mol. The first kappa shape index (κ1) is 21.8. The van der Waals surface area contributed by atoms with Gasteiger partial charge in [-0.15, -0.1) is 0 Å². The number of hydrogen-bond donors (Lipinski definition) is 6. The van der Waals surface area contributed by atoms with Gasteiger partial charge in [0.05, 0.1) is 29.8 Å². The molecule has 11 heteroatoms. The Morgan fingerprint density at radius 2 is 2.00 bits per heavy atom. The molecule has 3 rings (SSSR count). The van der Waals surface area contributed by atoms with Gasteiger partial charge in [-0.2, -0.15) is 4.98 Å². The lowest BCUT2D eigenvalue weighted by molar-refractivity contribution is -0.00282. The van der Waals surface area contributed by atoms with Gasteiger partial charge in [-0.3, -0.25) is 9.78 Å². The Morgan fingerprint density at radius 1 is 1.23 bits per heavy atom. The third kappa shape index (κ3) is 4.49. The van der Waals surface area contributed by atoms with Crippen molar-refractivity contribution in [2.75, 3.05) is 25.0 Å². The summed E-state index contributed by atoms with van der Waals surface area (Å²) in [6.07, 6.45) is -1.70. The van der Waals surface area contributed by atoms with Crippen LogP contribution in [0.5, 0.6) is 0 Å². The molecule has 2 heterocycles. The maximum atomic E-state index is 12.3. The fraction of sp³-hybridized carbons (Fsp3) is 0.474. The molecule has 0 bridgehead atoms. The smallest absolute Gasteiger partial charge is 0.349 e. The van der Waals surface area contributed by atoms with E-state index in [2.05, 4.69) is 20.3 Å². The first-order valence-electron chi connectivity index (χ1n) is 9.72. The van der Waals surface area contributed by atoms with Gasteiger partial charge in [0.2, 0.25) is 0 Å². The molecule has 2 unspecified atom stereocenters. The van der Waals surface area contributed by atoms with Gasteiger partial charge in [-0.05, 0) is 44.0 Å². The summed E-state index contributed by atoms with van der Waals surface area (Å²) >= 11 is 0. The highest BCUT2D eigenvalue weighted by molar-refractivity contribution is 5.84. The van der Waals surface area contributed by atoms with Crippen molar-refractivity contribution in [2.24, 2.45) is 5.73 Å². The zero-order valence-corrected chi connectivity index (χ0v) is 16.6. The van der Waals surface area contributed by atoms with Crippen molar-refractivity contribution < 1.29 is 15.3 Å². The van der Waals surface area contributed by atoms with Crippen molar-refractivity contribution in [3.8, 4) is 11.5 Å². The minimum absolute atomic E-state index is 0.00302. The summed E-state index contributed by atoms with van der Waals surface area (Å²) < 4.78 is 1.49. The van der Waals surface area contributed by atoms with Crippen LogP contribution in [0.25, 0.3) is 22.6 Å². The molecule has 0 aliphatic carbocycles. The molecule has 0 saturated heterocycles. The fourth-order valence-electron chi connectivity index (χ4n) is 3.28. The minimum atomic E-state index is -1.26. The van der Waals surface area contributed by atoms with Crippen LogP contribution in [0.3, 0.4) is 0 Å². The Labute approximate surface area is 171 Å². The lowest BCUT2D eigenvalue weighted by Gasteiger charge is -2.23. The van der Waals surface area contributed by atoms with Gasteiger partial charge in [-0.25, -0.2) is 9.78 Å². The third-order valence-electron chi connectivity index (χ3n) is 4.89. The fourth-order valence-corrected chi connectivity index (χ4v) is 3.28. The van der Waals surface area contributed by atoms with Crippen LogP contribution < -0.4 is 22.3 Å². The first-order valence-corrected chi connectivity index (χ1v) is 9.72. The summed E-state index contributed by atoms with van der Waals surface area (Å²) in [5.41, 5.74) is 6.68. The quantitative estimate of drug-likeness (QED) is 0.183. The van der Waals surface area contributed by atoms with Crippen LogP contribution in [0.1, 0.15) is 18.4 Å². The lowest BCUT2D eigenvalue weighted by atomic mass is 10.1. The summed E-state index contributed by atoms with van der Waals surface area (Å²) in [5, 5.41) is 32.8. The number of hydrogen-bond acceptors (Lipinski definition) is 9. The summed E-state index contributed by atoms with van der Waals surface area (Å²) in [6.45, 7) is 2.64. The van der Waals surface area contributed by atoms with E-state index in [1.807, 2.05) is 6.92 Å². The number of nitrogens with zero attached hydrogens (tertiary/aromatic N) is 3. The zero-order chi connectivity index (χ0) is 21.8. The van der Waals surface area contributed by atoms with E-state index in [0.717, 1.165) is 17.7 Å². The lowest BCUT2D eigenvalue weighted by Crippen LogP contribution is -2.34. The van der Waals surface area contributed by atoms with Crippen LogP contribution in [0, 0.1) is 6.92 Å². The highest BCUT2D eigenvalue weighted by atomic mass is 16.3. The summed E-state index contributed by atoms with van der Waals surface area (Å²) in [6, 6.07) is 3.59. The predicted octanol–water partition coefficient (Wildman–Crippen LogP) is -1.24. The Bertz CT molecular complexity index is 1110. The standard InChI is InChI=1S/C19H26N6O5/c1-10-7-12-13(8-11(10)21-5-2-4-20)25(9-15(28)14(27)3-6-26)17-16(22-12)18(29)24-19(30)23-17/h7-8,14-15,21,26-28H,2-6,9,20H2,1H3,(H,24,29,30). The average molecular weight is 418 g/mol. The van der Waals surface area contributed by atoms with Gasteiger partial charge < -0.3 is 30.9 Å². The summed E-state index contributed by atoms with van der Waals surface area (Å²) in [4.78, 5) is 34.5. The van der Waals surface area contributed by atoms with Gasteiger partial charge in [0.15, 0.2) is 11.5 Å². The number of aryl methyl sites for hydroxylation is 1. The second-order valence-corrected chi connectivity index (χ2v) is 7.14. The van der Waals surface area contributed by atoms with Gasteiger partial charge in [0, 0.05) is 18.8 Å².